The number of aliphatic hydroxyl groups is 1. The van der Waals surface area contributed by atoms with Gasteiger partial charge in [0.1, 0.15) is 5.82 Å². The molecular weight excluding hydrogens is 267 g/mol. The van der Waals surface area contributed by atoms with Crippen molar-refractivity contribution >= 4 is 21.9 Å². The fraction of sp³-hybridized carbons (Fsp3) is 0.300. The van der Waals surface area contributed by atoms with Gasteiger partial charge in [-0.2, -0.15) is 0 Å². The number of hydrogen-bond donors (Lipinski definition) is 1. The Kier molecular flexibility index (Phi) is 3.82. The number of carbonyl (C=O) groups is 1. The van der Waals surface area contributed by atoms with Crippen molar-refractivity contribution in [2.75, 3.05) is 7.11 Å². The van der Waals surface area contributed by atoms with Crippen molar-refractivity contribution in [3.8, 4) is 0 Å². The van der Waals surface area contributed by atoms with Crippen LogP contribution in [0.4, 0.5) is 4.39 Å². The molecule has 0 aliphatic heterocycles. The predicted octanol–water partition coefficient (Wildman–Crippen LogP) is 2.43. The highest BCUT2D eigenvalue weighted by Gasteiger charge is 2.18. The zero-order chi connectivity index (χ0) is 11.6. The summed E-state index contributed by atoms with van der Waals surface area (Å²) in [5, 5.41) is 9.41. The van der Waals surface area contributed by atoms with Gasteiger partial charge in [0, 0.05) is 0 Å². The van der Waals surface area contributed by atoms with Crippen LogP contribution in [-0.2, 0) is 4.74 Å². The fourth-order valence-corrected chi connectivity index (χ4v) is 1.56. The number of hydrogen-bond acceptors (Lipinski definition) is 3. The van der Waals surface area contributed by atoms with E-state index in [-0.39, 0.29) is 10.0 Å². The SMILES string of the molecule is COC(=O)c1cc(F)c(Br)cc1C(C)O. The quantitative estimate of drug-likeness (QED) is 0.844. The Morgan fingerprint density at radius 2 is 2.20 bits per heavy atom. The number of benzene rings is 1. The molecule has 0 heterocycles. The lowest BCUT2D eigenvalue weighted by atomic mass is 10.0. The van der Waals surface area contributed by atoms with Gasteiger partial charge in [-0.3, -0.25) is 0 Å². The Morgan fingerprint density at radius 3 is 2.67 bits per heavy atom. The van der Waals surface area contributed by atoms with E-state index in [9.17, 15) is 14.3 Å². The molecule has 82 valence electrons. The lowest BCUT2D eigenvalue weighted by Gasteiger charge is -2.11. The van der Waals surface area contributed by atoms with Crippen LogP contribution < -0.4 is 0 Å². The number of esters is 1. The summed E-state index contributed by atoms with van der Waals surface area (Å²) in [6, 6.07) is 2.41. The minimum atomic E-state index is -0.865. The van der Waals surface area contributed by atoms with Gasteiger partial charge < -0.3 is 9.84 Å². The smallest absolute Gasteiger partial charge is 0.338 e. The number of aliphatic hydroxyl groups excluding tert-OH is 1. The second-order valence-electron chi connectivity index (χ2n) is 3.02. The predicted molar refractivity (Wildman–Crippen MR) is 56.1 cm³/mol. The van der Waals surface area contributed by atoms with Crippen molar-refractivity contribution in [3.05, 3.63) is 33.5 Å². The summed E-state index contributed by atoms with van der Waals surface area (Å²) in [4.78, 5) is 11.3. The molecule has 0 aromatic heterocycles. The third-order valence-corrected chi connectivity index (χ3v) is 2.56. The van der Waals surface area contributed by atoms with Crippen LogP contribution in [0.25, 0.3) is 0 Å². The van der Waals surface area contributed by atoms with Crippen molar-refractivity contribution in [3.63, 3.8) is 0 Å². The van der Waals surface area contributed by atoms with Crippen molar-refractivity contribution in [1.82, 2.24) is 0 Å². The number of ether oxygens (including phenoxy) is 1. The summed E-state index contributed by atoms with van der Waals surface area (Å²) >= 11 is 2.98. The summed E-state index contributed by atoms with van der Waals surface area (Å²) in [6.45, 7) is 1.49. The Bertz CT molecular complexity index is 390. The molecular formula is C10H10BrFO3. The largest absolute Gasteiger partial charge is 0.465 e. The zero-order valence-electron chi connectivity index (χ0n) is 8.25. The van der Waals surface area contributed by atoms with Crippen LogP contribution in [0, 0.1) is 5.82 Å². The highest BCUT2D eigenvalue weighted by molar-refractivity contribution is 9.10. The van der Waals surface area contributed by atoms with E-state index in [1.165, 1.54) is 20.1 Å². The molecule has 0 saturated carbocycles. The Labute approximate surface area is 95.0 Å². The monoisotopic (exact) mass is 276 g/mol. The number of carbonyl (C=O) groups excluding carboxylic acids is 1. The molecule has 0 spiro atoms. The first-order chi connectivity index (χ1) is 6.97. The Balaban J connectivity index is 3.34. The molecule has 0 saturated heterocycles. The van der Waals surface area contributed by atoms with E-state index < -0.39 is 17.9 Å². The van der Waals surface area contributed by atoms with Crippen LogP contribution in [0.3, 0.4) is 0 Å². The van der Waals surface area contributed by atoms with Crippen molar-refractivity contribution in [2.45, 2.75) is 13.0 Å². The lowest BCUT2D eigenvalue weighted by molar-refractivity contribution is 0.0593. The van der Waals surface area contributed by atoms with Crippen LogP contribution >= 0.6 is 15.9 Å². The number of methoxy groups -OCH3 is 1. The lowest BCUT2D eigenvalue weighted by Crippen LogP contribution is -2.08. The Hall–Kier alpha value is -0.940. The van der Waals surface area contributed by atoms with Crippen molar-refractivity contribution in [1.29, 1.82) is 0 Å². The molecule has 1 unspecified atom stereocenters. The molecule has 3 nitrogen and oxygen atoms in total. The average molecular weight is 277 g/mol. The topological polar surface area (TPSA) is 46.5 Å². The normalized spacial score (nSPS) is 12.3. The van der Waals surface area contributed by atoms with E-state index in [4.69, 9.17) is 0 Å². The zero-order valence-corrected chi connectivity index (χ0v) is 9.84. The molecule has 1 N–H and O–H groups in total. The molecule has 0 radical (unpaired) electrons. The van der Waals surface area contributed by atoms with Gasteiger partial charge >= 0.3 is 5.97 Å². The maximum atomic E-state index is 13.2. The maximum absolute atomic E-state index is 13.2. The van der Waals surface area contributed by atoms with Gasteiger partial charge in [0.05, 0.1) is 23.2 Å². The van der Waals surface area contributed by atoms with Gasteiger partial charge in [-0.05, 0) is 40.5 Å². The molecule has 0 fully saturated rings. The minimum absolute atomic E-state index is 0.0354. The Morgan fingerprint density at radius 1 is 1.60 bits per heavy atom. The molecule has 1 aromatic carbocycles. The highest BCUT2D eigenvalue weighted by atomic mass is 79.9. The molecule has 0 amide bonds. The van der Waals surface area contributed by atoms with E-state index >= 15 is 0 Å². The molecule has 5 heteroatoms. The summed E-state index contributed by atoms with van der Waals surface area (Å²) in [7, 11) is 1.20. The molecule has 1 rings (SSSR count). The number of rotatable bonds is 2. The van der Waals surface area contributed by atoms with E-state index in [1.807, 2.05) is 0 Å². The third-order valence-electron chi connectivity index (χ3n) is 1.95. The van der Waals surface area contributed by atoms with Gasteiger partial charge in [0.2, 0.25) is 0 Å². The van der Waals surface area contributed by atoms with Gasteiger partial charge in [-0.1, -0.05) is 0 Å². The van der Waals surface area contributed by atoms with Crippen LogP contribution in [0.2, 0.25) is 0 Å². The van der Waals surface area contributed by atoms with Crippen molar-refractivity contribution < 1.29 is 19.0 Å². The summed E-state index contributed by atoms with van der Waals surface area (Å²) in [5.41, 5.74) is 0.364. The molecule has 1 aromatic rings. The third kappa shape index (κ3) is 2.54. The van der Waals surface area contributed by atoms with Gasteiger partial charge in [-0.25, -0.2) is 9.18 Å². The molecule has 0 aliphatic rings. The standard InChI is InChI=1S/C10H10BrFO3/c1-5(13)6-3-8(11)9(12)4-7(6)10(14)15-2/h3-5,13H,1-2H3. The first-order valence-electron chi connectivity index (χ1n) is 4.22. The maximum Gasteiger partial charge on any atom is 0.338 e. The van der Waals surface area contributed by atoms with Gasteiger partial charge in [0.15, 0.2) is 0 Å². The van der Waals surface area contributed by atoms with Crippen molar-refractivity contribution in [2.24, 2.45) is 0 Å². The summed E-state index contributed by atoms with van der Waals surface area (Å²) < 4.78 is 17.9. The summed E-state index contributed by atoms with van der Waals surface area (Å²) in [6.07, 6.45) is -0.865. The average Bonchev–Trinajstić information content (AvgIpc) is 2.20. The first-order valence-corrected chi connectivity index (χ1v) is 5.02. The van der Waals surface area contributed by atoms with Crippen LogP contribution in [0.5, 0.6) is 0 Å². The summed E-state index contributed by atoms with van der Waals surface area (Å²) in [5.74, 6) is -1.24. The van der Waals surface area contributed by atoms with Crippen LogP contribution in [0.15, 0.2) is 16.6 Å². The first kappa shape index (κ1) is 12.1. The molecule has 0 bridgehead atoms. The van der Waals surface area contributed by atoms with E-state index in [0.29, 0.717) is 5.56 Å². The highest BCUT2D eigenvalue weighted by Crippen LogP contribution is 2.25. The molecule has 1 atom stereocenters. The van der Waals surface area contributed by atoms with E-state index in [0.717, 1.165) is 6.07 Å². The van der Waals surface area contributed by atoms with Crippen LogP contribution in [0.1, 0.15) is 28.9 Å². The second kappa shape index (κ2) is 4.72. The molecule has 15 heavy (non-hydrogen) atoms. The van der Waals surface area contributed by atoms with E-state index in [1.54, 1.807) is 0 Å². The number of halogens is 2. The minimum Gasteiger partial charge on any atom is -0.465 e. The molecule has 0 aliphatic carbocycles. The van der Waals surface area contributed by atoms with Gasteiger partial charge in [0.25, 0.3) is 0 Å². The van der Waals surface area contributed by atoms with Gasteiger partial charge in [-0.15, -0.1) is 0 Å². The van der Waals surface area contributed by atoms with Crippen LogP contribution in [-0.4, -0.2) is 18.2 Å². The fourth-order valence-electron chi connectivity index (χ4n) is 1.19. The van der Waals surface area contributed by atoms with E-state index in [2.05, 4.69) is 20.7 Å². The second-order valence-corrected chi connectivity index (χ2v) is 3.88.